The minimum atomic E-state index is -0.784. The van der Waals surface area contributed by atoms with Crippen molar-refractivity contribution in [2.45, 2.75) is 50.9 Å². The Hall–Kier alpha value is -2.05. The average molecular weight is 367 g/mol. The molecule has 1 aromatic carbocycles. The number of phenolic OH excluding ortho intramolecular Hbond substituents is 2. The van der Waals surface area contributed by atoms with E-state index in [1.165, 1.54) is 6.08 Å². The highest BCUT2D eigenvalue weighted by molar-refractivity contribution is 6.33. The number of halogens is 1. The molecule has 0 radical (unpaired) electrons. The molecule has 1 saturated heterocycles. The van der Waals surface area contributed by atoms with Gasteiger partial charge in [0.05, 0.1) is 17.2 Å². The summed E-state index contributed by atoms with van der Waals surface area (Å²) in [5, 5.41) is 19.8. The van der Waals surface area contributed by atoms with Gasteiger partial charge in [0.2, 0.25) is 0 Å². The number of cyclic esters (lactones) is 1. The zero-order valence-corrected chi connectivity index (χ0v) is 14.5. The van der Waals surface area contributed by atoms with E-state index >= 15 is 0 Å². The Kier molecular flexibility index (Phi) is 5.01. The molecular weight excluding hydrogens is 348 g/mol. The number of aromatic hydroxyl groups is 2. The molecule has 2 aliphatic rings. The number of ether oxygens (including phenoxy) is 2. The van der Waals surface area contributed by atoms with Crippen LogP contribution in [-0.4, -0.2) is 40.3 Å². The molecule has 3 atom stereocenters. The van der Waals surface area contributed by atoms with Gasteiger partial charge in [0.1, 0.15) is 23.2 Å². The summed E-state index contributed by atoms with van der Waals surface area (Å²) in [6.45, 7) is 1.74. The highest BCUT2D eigenvalue weighted by Gasteiger charge is 2.39. The third-order valence-corrected chi connectivity index (χ3v) is 4.78. The molecule has 2 aliphatic heterocycles. The fourth-order valence-corrected chi connectivity index (χ4v) is 3.26. The van der Waals surface area contributed by atoms with E-state index in [4.69, 9.17) is 21.1 Å². The topological polar surface area (TPSA) is 96.4 Å². The Bertz CT molecular complexity index is 742. The molecule has 0 spiro atoms. The van der Waals surface area contributed by atoms with E-state index in [1.54, 1.807) is 13.0 Å². The van der Waals surface area contributed by atoms with Crippen molar-refractivity contribution in [1.82, 2.24) is 0 Å². The lowest BCUT2D eigenvalue weighted by Crippen LogP contribution is -2.20. The van der Waals surface area contributed by atoms with E-state index in [-0.39, 0.29) is 40.6 Å². The van der Waals surface area contributed by atoms with Crippen LogP contribution in [0.2, 0.25) is 5.02 Å². The van der Waals surface area contributed by atoms with Crippen LogP contribution >= 0.6 is 11.6 Å². The van der Waals surface area contributed by atoms with Gasteiger partial charge in [-0.2, -0.15) is 0 Å². The van der Waals surface area contributed by atoms with Crippen molar-refractivity contribution in [3.8, 4) is 11.5 Å². The van der Waals surface area contributed by atoms with Crippen LogP contribution < -0.4 is 0 Å². The SMILES string of the molecule is C[C@@H]1C[C@@H]2O[C@H]2CC/C=C/C(=O)Cc2c(Cl)c(O)cc(O)c2C(=O)O1. The van der Waals surface area contributed by atoms with Gasteiger partial charge in [0.15, 0.2) is 5.78 Å². The van der Waals surface area contributed by atoms with Crippen molar-refractivity contribution in [3.05, 3.63) is 34.4 Å². The summed E-state index contributed by atoms with van der Waals surface area (Å²) in [4.78, 5) is 24.7. The van der Waals surface area contributed by atoms with Crippen LogP contribution in [-0.2, 0) is 20.7 Å². The first kappa shape index (κ1) is 17.8. The van der Waals surface area contributed by atoms with Crippen LogP contribution in [0, 0.1) is 0 Å². The van der Waals surface area contributed by atoms with Crippen molar-refractivity contribution >= 4 is 23.4 Å². The first-order chi connectivity index (χ1) is 11.9. The fraction of sp³-hybridized carbons (Fsp3) is 0.444. The van der Waals surface area contributed by atoms with Gasteiger partial charge in [-0.3, -0.25) is 4.79 Å². The zero-order valence-electron chi connectivity index (χ0n) is 13.7. The number of hydrogen-bond acceptors (Lipinski definition) is 6. The van der Waals surface area contributed by atoms with E-state index < -0.39 is 23.6 Å². The van der Waals surface area contributed by atoms with E-state index in [0.29, 0.717) is 12.8 Å². The quantitative estimate of drug-likeness (QED) is 0.541. The number of rotatable bonds is 0. The maximum atomic E-state index is 12.5. The Morgan fingerprint density at radius 3 is 2.72 bits per heavy atom. The molecule has 2 N–H and O–H groups in total. The van der Waals surface area contributed by atoms with Gasteiger partial charge in [0.25, 0.3) is 0 Å². The average Bonchev–Trinajstić information content (AvgIpc) is 3.25. The number of benzene rings is 1. The van der Waals surface area contributed by atoms with E-state index in [1.807, 2.05) is 0 Å². The molecule has 6 nitrogen and oxygen atoms in total. The lowest BCUT2D eigenvalue weighted by Gasteiger charge is -2.16. The van der Waals surface area contributed by atoms with Gasteiger partial charge in [0, 0.05) is 24.5 Å². The minimum absolute atomic E-state index is 0.0336. The molecule has 3 rings (SSSR count). The Balaban J connectivity index is 1.98. The number of hydrogen-bond donors (Lipinski definition) is 2. The summed E-state index contributed by atoms with van der Waals surface area (Å²) in [6, 6.07) is 0.969. The predicted octanol–water partition coefficient (Wildman–Crippen LogP) is 2.92. The van der Waals surface area contributed by atoms with Crippen molar-refractivity contribution in [2.24, 2.45) is 0 Å². The summed E-state index contributed by atoms with van der Waals surface area (Å²) in [7, 11) is 0. The normalized spacial score (nSPS) is 28.3. The molecule has 1 aromatic rings. The standard InChI is InChI=1S/C18H19ClO6/c1-9-6-15-14(25-15)5-3-2-4-10(20)7-11-16(18(23)24-9)12(21)8-13(22)17(11)19/h2,4,8-9,14-15,21-22H,3,5-7H2,1H3/b4-2+/t9-,14+,15+/m1/s1. The molecule has 25 heavy (non-hydrogen) atoms. The molecule has 2 heterocycles. The first-order valence-electron chi connectivity index (χ1n) is 8.16. The Morgan fingerprint density at radius 2 is 1.96 bits per heavy atom. The second-order valence-corrected chi connectivity index (χ2v) is 6.75. The number of phenols is 2. The van der Waals surface area contributed by atoms with Gasteiger partial charge in [-0.1, -0.05) is 17.7 Å². The number of carbonyl (C=O) groups excluding carboxylic acids is 2. The summed E-state index contributed by atoms with van der Waals surface area (Å²) in [6.07, 6.45) is 4.74. The van der Waals surface area contributed by atoms with Crippen molar-refractivity contribution in [2.75, 3.05) is 0 Å². The third-order valence-electron chi connectivity index (χ3n) is 4.36. The largest absolute Gasteiger partial charge is 0.507 e. The van der Waals surface area contributed by atoms with Crippen LogP contribution in [0.5, 0.6) is 11.5 Å². The molecule has 0 aromatic heterocycles. The van der Waals surface area contributed by atoms with Crippen LogP contribution in [0.1, 0.15) is 42.1 Å². The molecule has 0 bridgehead atoms. The van der Waals surface area contributed by atoms with E-state index in [2.05, 4.69) is 0 Å². The van der Waals surface area contributed by atoms with Crippen LogP contribution in [0.15, 0.2) is 18.2 Å². The Morgan fingerprint density at radius 1 is 1.20 bits per heavy atom. The van der Waals surface area contributed by atoms with Crippen molar-refractivity contribution in [3.63, 3.8) is 0 Å². The monoisotopic (exact) mass is 366 g/mol. The molecule has 1 fully saturated rings. The molecule has 0 amide bonds. The fourth-order valence-electron chi connectivity index (χ4n) is 3.04. The summed E-state index contributed by atoms with van der Waals surface area (Å²) in [5.41, 5.74) is -0.134. The van der Waals surface area contributed by atoms with Gasteiger partial charge in [-0.15, -0.1) is 0 Å². The highest BCUT2D eigenvalue weighted by atomic mass is 35.5. The number of epoxide rings is 1. The number of esters is 1. The number of ketones is 1. The van der Waals surface area contributed by atoms with Crippen LogP contribution in [0.4, 0.5) is 0 Å². The lowest BCUT2D eigenvalue weighted by molar-refractivity contribution is -0.114. The van der Waals surface area contributed by atoms with E-state index in [9.17, 15) is 19.8 Å². The molecule has 0 saturated carbocycles. The third kappa shape index (κ3) is 3.96. The summed E-state index contributed by atoms with van der Waals surface area (Å²) >= 11 is 6.07. The summed E-state index contributed by atoms with van der Waals surface area (Å²) in [5.74, 6) is -1.95. The first-order valence-corrected chi connectivity index (χ1v) is 8.53. The molecule has 0 unspecified atom stereocenters. The van der Waals surface area contributed by atoms with Gasteiger partial charge in [-0.05, 0) is 25.8 Å². The molecule has 7 heteroatoms. The highest BCUT2D eigenvalue weighted by Crippen LogP contribution is 2.38. The van der Waals surface area contributed by atoms with Crippen LogP contribution in [0.25, 0.3) is 0 Å². The van der Waals surface area contributed by atoms with Crippen molar-refractivity contribution in [1.29, 1.82) is 0 Å². The molecule has 0 aliphatic carbocycles. The molecular formula is C18H19ClO6. The number of fused-ring (bicyclic) bond motifs is 2. The minimum Gasteiger partial charge on any atom is -0.507 e. The smallest absolute Gasteiger partial charge is 0.342 e. The zero-order chi connectivity index (χ0) is 18.1. The lowest BCUT2D eigenvalue weighted by atomic mass is 9.99. The van der Waals surface area contributed by atoms with Gasteiger partial charge < -0.3 is 19.7 Å². The van der Waals surface area contributed by atoms with Gasteiger partial charge in [-0.25, -0.2) is 4.79 Å². The predicted molar refractivity (Wildman–Crippen MR) is 90.0 cm³/mol. The van der Waals surface area contributed by atoms with Crippen molar-refractivity contribution < 1.29 is 29.3 Å². The van der Waals surface area contributed by atoms with Gasteiger partial charge >= 0.3 is 5.97 Å². The summed E-state index contributed by atoms with van der Waals surface area (Å²) < 4.78 is 10.9. The maximum Gasteiger partial charge on any atom is 0.342 e. The Labute approximate surface area is 150 Å². The second-order valence-electron chi connectivity index (χ2n) is 6.37. The second kappa shape index (κ2) is 7.06. The maximum absolute atomic E-state index is 12.5. The van der Waals surface area contributed by atoms with Crippen LogP contribution in [0.3, 0.4) is 0 Å². The molecule has 134 valence electrons. The van der Waals surface area contributed by atoms with E-state index in [0.717, 1.165) is 12.5 Å². The number of allylic oxidation sites excluding steroid dienone is 2. The number of carbonyl (C=O) groups is 2.